The molecule has 2 aromatic carbocycles. The van der Waals surface area contributed by atoms with E-state index in [4.69, 9.17) is 10.5 Å². The lowest BCUT2D eigenvalue weighted by Gasteiger charge is -2.24. The van der Waals surface area contributed by atoms with Crippen molar-refractivity contribution in [3.05, 3.63) is 61.1 Å². The Morgan fingerprint density at radius 1 is 1.08 bits per heavy atom. The molecule has 0 aliphatic carbocycles. The molecule has 122 valence electrons. The van der Waals surface area contributed by atoms with Gasteiger partial charge in [0.25, 0.3) is 0 Å². The topological polar surface area (TPSA) is 76.3 Å². The zero-order valence-corrected chi connectivity index (χ0v) is 13.6. The van der Waals surface area contributed by atoms with Gasteiger partial charge in [-0.2, -0.15) is 0 Å². The Morgan fingerprint density at radius 3 is 2.67 bits per heavy atom. The lowest BCUT2D eigenvalue weighted by atomic mass is 10.0. The van der Waals surface area contributed by atoms with Crippen molar-refractivity contribution in [1.82, 2.24) is 9.97 Å². The smallest absolute Gasteiger partial charge is 0.147 e. The van der Waals surface area contributed by atoms with Gasteiger partial charge in [0.05, 0.1) is 12.8 Å². The summed E-state index contributed by atoms with van der Waals surface area (Å²) in [5.74, 6) is 1.50. The van der Waals surface area contributed by atoms with Gasteiger partial charge in [-0.1, -0.05) is 18.2 Å². The van der Waals surface area contributed by atoms with Crippen LogP contribution < -0.4 is 20.9 Å². The fraction of sp³-hybridized carbons (Fsp3) is 0.111. The largest absolute Gasteiger partial charge is 0.496 e. The first kappa shape index (κ1) is 15.6. The van der Waals surface area contributed by atoms with Gasteiger partial charge in [-0.25, -0.2) is 9.97 Å². The number of rotatable bonds is 5. The van der Waals surface area contributed by atoms with Gasteiger partial charge in [-0.3, -0.25) is 10.4 Å². The highest BCUT2D eigenvalue weighted by Crippen LogP contribution is 2.37. The first-order valence-corrected chi connectivity index (χ1v) is 7.48. The number of nitrogens with one attached hydrogen (secondary N) is 1. The molecule has 1 heterocycles. The molecule has 0 spiro atoms. The maximum Gasteiger partial charge on any atom is 0.147 e. The molecule has 0 aliphatic rings. The second-order valence-corrected chi connectivity index (χ2v) is 5.24. The van der Waals surface area contributed by atoms with Crippen LogP contribution in [-0.2, 0) is 0 Å². The van der Waals surface area contributed by atoms with Crippen LogP contribution in [0.5, 0.6) is 5.75 Å². The van der Waals surface area contributed by atoms with Gasteiger partial charge in [-0.15, -0.1) is 0 Å². The standard InChI is InChI=1S/C18H19N5O/c1-23(22-18-9-10-20-12-21-18)16-8-7-13(19)11-15(16)14-5-3-4-6-17(14)24-2/h3-12H,19H2,1-2H3,(H,20,21,22). The van der Waals surface area contributed by atoms with E-state index in [9.17, 15) is 0 Å². The number of methoxy groups -OCH3 is 1. The molecule has 0 saturated heterocycles. The molecule has 6 heteroatoms. The Bertz CT molecular complexity index is 823. The summed E-state index contributed by atoms with van der Waals surface area (Å²) in [7, 11) is 3.58. The number of hydrogen-bond acceptors (Lipinski definition) is 6. The van der Waals surface area contributed by atoms with E-state index in [0.29, 0.717) is 11.5 Å². The Morgan fingerprint density at radius 2 is 1.92 bits per heavy atom. The third-order valence-corrected chi connectivity index (χ3v) is 3.64. The Balaban J connectivity index is 2.02. The molecule has 0 aliphatic heterocycles. The van der Waals surface area contributed by atoms with Crippen LogP contribution in [0, 0.1) is 0 Å². The van der Waals surface area contributed by atoms with Crippen LogP contribution >= 0.6 is 0 Å². The molecule has 0 atom stereocenters. The molecule has 6 nitrogen and oxygen atoms in total. The Labute approximate surface area is 140 Å². The molecular formula is C18H19N5O. The fourth-order valence-electron chi connectivity index (χ4n) is 2.52. The number of nitrogens with zero attached hydrogens (tertiary/aromatic N) is 3. The lowest BCUT2D eigenvalue weighted by molar-refractivity contribution is 0.416. The Kier molecular flexibility index (Phi) is 4.47. The molecule has 0 radical (unpaired) electrons. The monoisotopic (exact) mass is 321 g/mol. The quantitative estimate of drug-likeness (QED) is 0.555. The highest BCUT2D eigenvalue weighted by Gasteiger charge is 2.14. The molecular weight excluding hydrogens is 302 g/mol. The van der Waals surface area contributed by atoms with Crippen molar-refractivity contribution in [1.29, 1.82) is 0 Å². The summed E-state index contributed by atoms with van der Waals surface area (Å²) in [6.45, 7) is 0. The van der Waals surface area contributed by atoms with E-state index in [1.165, 1.54) is 6.33 Å². The lowest BCUT2D eigenvalue weighted by Crippen LogP contribution is -2.25. The van der Waals surface area contributed by atoms with Crippen molar-refractivity contribution in [3.63, 3.8) is 0 Å². The maximum absolute atomic E-state index is 6.01. The van der Waals surface area contributed by atoms with Gasteiger partial charge < -0.3 is 10.5 Å². The Hall–Kier alpha value is -3.28. The number of ether oxygens (including phenoxy) is 1. The third-order valence-electron chi connectivity index (χ3n) is 3.64. The minimum Gasteiger partial charge on any atom is -0.496 e. The summed E-state index contributed by atoms with van der Waals surface area (Å²) in [4.78, 5) is 8.11. The highest BCUT2D eigenvalue weighted by atomic mass is 16.5. The first-order valence-electron chi connectivity index (χ1n) is 7.48. The van der Waals surface area contributed by atoms with Crippen molar-refractivity contribution in [2.45, 2.75) is 0 Å². The molecule has 0 amide bonds. The summed E-state index contributed by atoms with van der Waals surface area (Å²) in [5, 5.41) is 1.89. The van der Waals surface area contributed by atoms with E-state index < -0.39 is 0 Å². The molecule has 24 heavy (non-hydrogen) atoms. The predicted octanol–water partition coefficient (Wildman–Crippen LogP) is 3.20. The molecule has 1 aromatic heterocycles. The number of nitrogen functional groups attached to an aromatic ring is 1. The molecule has 0 saturated carbocycles. The van der Waals surface area contributed by atoms with Crippen molar-refractivity contribution in [3.8, 4) is 16.9 Å². The summed E-state index contributed by atoms with van der Waals surface area (Å²) in [6.07, 6.45) is 3.19. The van der Waals surface area contributed by atoms with Crippen molar-refractivity contribution < 1.29 is 4.74 Å². The second-order valence-electron chi connectivity index (χ2n) is 5.24. The second kappa shape index (κ2) is 6.87. The minimum absolute atomic E-state index is 0.690. The molecule has 0 bridgehead atoms. The number of hydrazine groups is 1. The van der Waals surface area contributed by atoms with E-state index in [1.54, 1.807) is 19.4 Å². The van der Waals surface area contributed by atoms with Crippen LogP contribution in [0.2, 0.25) is 0 Å². The van der Waals surface area contributed by atoms with Crippen molar-refractivity contribution in [2.75, 3.05) is 30.3 Å². The zero-order chi connectivity index (χ0) is 16.9. The number of nitrogens with two attached hydrogens (primary N) is 1. The number of anilines is 3. The van der Waals surface area contributed by atoms with Crippen molar-refractivity contribution >= 4 is 17.2 Å². The zero-order valence-electron chi connectivity index (χ0n) is 13.6. The van der Waals surface area contributed by atoms with Crippen LogP contribution in [0.1, 0.15) is 0 Å². The van der Waals surface area contributed by atoms with Gasteiger partial charge in [0, 0.05) is 36.1 Å². The molecule has 3 rings (SSSR count). The maximum atomic E-state index is 6.01. The van der Waals surface area contributed by atoms with Crippen LogP contribution in [0.15, 0.2) is 61.1 Å². The highest BCUT2D eigenvalue weighted by molar-refractivity contribution is 5.85. The molecule has 0 unspecified atom stereocenters. The van der Waals surface area contributed by atoms with Crippen LogP contribution in [0.3, 0.4) is 0 Å². The van der Waals surface area contributed by atoms with Crippen molar-refractivity contribution in [2.24, 2.45) is 0 Å². The average molecular weight is 321 g/mol. The van der Waals surface area contributed by atoms with Gasteiger partial charge in [-0.05, 0) is 24.3 Å². The van der Waals surface area contributed by atoms with E-state index in [1.807, 2.05) is 54.5 Å². The van der Waals surface area contributed by atoms with Gasteiger partial charge >= 0.3 is 0 Å². The average Bonchev–Trinajstić information content (AvgIpc) is 2.62. The SMILES string of the molecule is COc1ccccc1-c1cc(N)ccc1N(C)Nc1ccncn1. The van der Waals surface area contributed by atoms with E-state index in [-0.39, 0.29) is 0 Å². The van der Waals surface area contributed by atoms with Gasteiger partial charge in [0.1, 0.15) is 17.9 Å². The summed E-state index contributed by atoms with van der Waals surface area (Å²) < 4.78 is 5.49. The number of aromatic nitrogens is 2. The van der Waals surface area contributed by atoms with Crippen LogP contribution in [-0.4, -0.2) is 24.1 Å². The predicted molar refractivity (Wildman–Crippen MR) is 96.9 cm³/mol. The minimum atomic E-state index is 0.690. The van der Waals surface area contributed by atoms with E-state index >= 15 is 0 Å². The van der Waals surface area contributed by atoms with Crippen LogP contribution in [0.25, 0.3) is 11.1 Å². The molecule has 3 aromatic rings. The third kappa shape index (κ3) is 3.22. The summed E-state index contributed by atoms with van der Waals surface area (Å²) in [5.41, 5.74) is 12.8. The summed E-state index contributed by atoms with van der Waals surface area (Å²) >= 11 is 0. The summed E-state index contributed by atoms with van der Waals surface area (Å²) in [6, 6.07) is 15.4. The van der Waals surface area contributed by atoms with Gasteiger partial charge in [0.15, 0.2) is 0 Å². The number of benzene rings is 2. The molecule has 3 N–H and O–H groups in total. The first-order chi connectivity index (χ1) is 11.7. The molecule has 0 fully saturated rings. The van der Waals surface area contributed by atoms with E-state index in [0.717, 1.165) is 22.6 Å². The fourth-order valence-corrected chi connectivity index (χ4v) is 2.52. The number of para-hydroxylation sites is 1. The number of hydrogen-bond donors (Lipinski definition) is 2. The van der Waals surface area contributed by atoms with Crippen LogP contribution in [0.4, 0.5) is 17.2 Å². The van der Waals surface area contributed by atoms with E-state index in [2.05, 4.69) is 15.4 Å². The normalized spacial score (nSPS) is 10.2. The van der Waals surface area contributed by atoms with Gasteiger partial charge in [0.2, 0.25) is 0 Å².